The summed E-state index contributed by atoms with van der Waals surface area (Å²) in [5.41, 5.74) is 8.80. The van der Waals surface area contributed by atoms with E-state index >= 15 is 0 Å². The predicted octanol–water partition coefficient (Wildman–Crippen LogP) is 14.2. The van der Waals surface area contributed by atoms with Gasteiger partial charge in [-0.15, -0.1) is 22.7 Å². The van der Waals surface area contributed by atoms with Crippen LogP contribution in [0, 0.1) is 0 Å². The molecular weight excluding hydrogens is 669 g/mol. The molecule has 0 atom stereocenters. The van der Waals surface area contributed by atoms with Gasteiger partial charge in [0.25, 0.3) is 0 Å². The number of nitrogens with zero attached hydrogens (tertiary/aromatic N) is 2. The highest BCUT2D eigenvalue weighted by Crippen LogP contribution is 2.43. The molecular formula is C48H28N2S2. The molecule has 11 aromatic rings. The number of benzene rings is 8. The summed E-state index contributed by atoms with van der Waals surface area (Å²) in [4.78, 5) is 10.7. The molecule has 3 heterocycles. The van der Waals surface area contributed by atoms with Crippen LogP contribution in [0.5, 0.6) is 0 Å². The molecule has 0 saturated carbocycles. The van der Waals surface area contributed by atoms with Crippen LogP contribution in [-0.2, 0) is 0 Å². The number of rotatable bonds is 4. The third-order valence-corrected chi connectivity index (χ3v) is 12.7. The molecule has 0 aliphatic rings. The summed E-state index contributed by atoms with van der Waals surface area (Å²) in [7, 11) is 0. The van der Waals surface area contributed by atoms with Crippen molar-refractivity contribution < 1.29 is 0 Å². The molecule has 0 radical (unpaired) electrons. The Bertz CT molecular complexity index is 3200. The number of aromatic nitrogens is 2. The van der Waals surface area contributed by atoms with Crippen molar-refractivity contribution in [3.63, 3.8) is 0 Å². The first-order valence-electron chi connectivity index (χ1n) is 17.5. The van der Waals surface area contributed by atoms with Crippen molar-refractivity contribution in [2.45, 2.75) is 0 Å². The number of hydrogen-bond donors (Lipinski definition) is 0. The van der Waals surface area contributed by atoms with Crippen molar-refractivity contribution in [1.82, 2.24) is 9.97 Å². The average Bonchev–Trinajstić information content (AvgIpc) is 3.79. The highest BCUT2D eigenvalue weighted by atomic mass is 32.1. The molecule has 0 aliphatic heterocycles. The molecule has 0 N–H and O–H groups in total. The molecule has 0 saturated heterocycles. The molecule has 2 nitrogen and oxygen atoms in total. The number of hydrogen-bond acceptors (Lipinski definition) is 4. The zero-order valence-electron chi connectivity index (χ0n) is 27.9. The molecule has 0 bridgehead atoms. The summed E-state index contributed by atoms with van der Waals surface area (Å²) >= 11 is 3.72. The van der Waals surface area contributed by atoms with Crippen molar-refractivity contribution in [1.29, 1.82) is 0 Å². The summed E-state index contributed by atoms with van der Waals surface area (Å²) in [6.07, 6.45) is 0. The molecule has 0 aliphatic carbocycles. The van der Waals surface area contributed by atoms with E-state index in [0.29, 0.717) is 0 Å². The third kappa shape index (κ3) is 4.62. The van der Waals surface area contributed by atoms with E-state index in [-0.39, 0.29) is 0 Å². The van der Waals surface area contributed by atoms with Crippen LogP contribution in [0.1, 0.15) is 0 Å². The van der Waals surface area contributed by atoms with Crippen molar-refractivity contribution in [2.75, 3.05) is 0 Å². The van der Waals surface area contributed by atoms with Crippen LogP contribution in [0.25, 0.3) is 107 Å². The van der Waals surface area contributed by atoms with E-state index in [1.165, 1.54) is 62.4 Å². The first-order chi connectivity index (χ1) is 25.8. The Morgan fingerprint density at radius 3 is 1.54 bits per heavy atom. The van der Waals surface area contributed by atoms with Crippen LogP contribution in [0.3, 0.4) is 0 Å². The zero-order valence-corrected chi connectivity index (χ0v) is 29.5. The average molecular weight is 697 g/mol. The second kappa shape index (κ2) is 11.7. The highest BCUT2D eigenvalue weighted by Gasteiger charge is 2.17. The molecule has 11 rings (SSSR count). The van der Waals surface area contributed by atoms with E-state index in [9.17, 15) is 0 Å². The summed E-state index contributed by atoms with van der Waals surface area (Å²) in [6.45, 7) is 0. The fraction of sp³-hybridized carbons (Fsp3) is 0. The normalized spacial score (nSPS) is 11.8. The van der Waals surface area contributed by atoms with Crippen LogP contribution in [0.4, 0.5) is 0 Å². The van der Waals surface area contributed by atoms with E-state index < -0.39 is 0 Å². The predicted molar refractivity (Wildman–Crippen MR) is 225 cm³/mol. The van der Waals surface area contributed by atoms with Crippen LogP contribution in [0.15, 0.2) is 170 Å². The van der Waals surface area contributed by atoms with Crippen LogP contribution in [0.2, 0.25) is 0 Å². The molecule has 0 unspecified atom stereocenters. The number of thiophene rings is 2. The van der Waals surface area contributed by atoms with E-state index in [2.05, 4.69) is 170 Å². The Morgan fingerprint density at radius 2 is 0.865 bits per heavy atom. The lowest BCUT2D eigenvalue weighted by Gasteiger charge is -2.13. The van der Waals surface area contributed by atoms with Crippen molar-refractivity contribution in [3.05, 3.63) is 170 Å². The lowest BCUT2D eigenvalue weighted by atomic mass is 9.97. The summed E-state index contributed by atoms with van der Waals surface area (Å²) < 4.78 is 5.23. The first-order valence-corrected chi connectivity index (χ1v) is 19.1. The Balaban J connectivity index is 1.11. The standard InChI is InChI=1S/C48H28N2S2/c1-2-16-34-29(11-1)25-26-41-44(32-14-7-12-30(27-32)35-19-9-21-39-37-17-3-5-23-42(37)51-46(35)39)49-48(50-45(34)41)33-15-8-13-31(28-33)36-20-10-22-40-38-18-4-6-24-43(38)52-47(36)40/h1-28H. The maximum atomic E-state index is 5.41. The zero-order chi connectivity index (χ0) is 34.2. The molecule has 0 amide bonds. The van der Waals surface area contributed by atoms with Crippen molar-refractivity contribution in [2.24, 2.45) is 0 Å². The SMILES string of the molecule is c1cc(-c2nc(-c3cccc(-c4cccc5c4sc4ccccc45)c3)c3ccc4ccccc4c3n2)cc(-c2cccc3c2sc2ccccc23)c1. The minimum Gasteiger partial charge on any atom is -0.227 e. The van der Waals surface area contributed by atoms with Gasteiger partial charge in [-0.3, -0.25) is 0 Å². The van der Waals surface area contributed by atoms with E-state index in [1.807, 2.05) is 22.7 Å². The van der Waals surface area contributed by atoms with Gasteiger partial charge in [-0.1, -0.05) is 140 Å². The second-order valence-electron chi connectivity index (χ2n) is 13.3. The Labute approximate surface area is 307 Å². The molecule has 242 valence electrons. The Morgan fingerprint density at radius 1 is 0.346 bits per heavy atom. The minimum absolute atomic E-state index is 0.723. The van der Waals surface area contributed by atoms with Gasteiger partial charge in [0.05, 0.1) is 11.2 Å². The highest BCUT2D eigenvalue weighted by molar-refractivity contribution is 7.26. The van der Waals surface area contributed by atoms with Gasteiger partial charge in [-0.05, 0) is 58.0 Å². The van der Waals surface area contributed by atoms with Gasteiger partial charge < -0.3 is 0 Å². The quantitative estimate of drug-likeness (QED) is 0.171. The Hall–Kier alpha value is -6.20. The summed E-state index contributed by atoms with van der Waals surface area (Å²) in [6, 6.07) is 61.2. The maximum absolute atomic E-state index is 5.41. The van der Waals surface area contributed by atoms with Gasteiger partial charge in [0, 0.05) is 62.2 Å². The molecule has 0 fully saturated rings. The van der Waals surface area contributed by atoms with E-state index in [1.54, 1.807) is 0 Å². The molecule has 4 heteroatoms. The first kappa shape index (κ1) is 29.5. The second-order valence-corrected chi connectivity index (χ2v) is 15.4. The lowest BCUT2D eigenvalue weighted by molar-refractivity contribution is 1.23. The lowest BCUT2D eigenvalue weighted by Crippen LogP contribution is -1.96. The molecule has 52 heavy (non-hydrogen) atoms. The van der Waals surface area contributed by atoms with Gasteiger partial charge in [-0.2, -0.15) is 0 Å². The molecule has 8 aromatic carbocycles. The monoisotopic (exact) mass is 696 g/mol. The fourth-order valence-electron chi connectivity index (χ4n) is 7.82. The summed E-state index contributed by atoms with van der Waals surface area (Å²) in [5, 5.41) is 8.56. The van der Waals surface area contributed by atoms with E-state index in [0.717, 1.165) is 44.5 Å². The van der Waals surface area contributed by atoms with Crippen LogP contribution < -0.4 is 0 Å². The van der Waals surface area contributed by atoms with E-state index in [4.69, 9.17) is 9.97 Å². The van der Waals surface area contributed by atoms with Gasteiger partial charge >= 0.3 is 0 Å². The Kier molecular flexibility index (Phi) is 6.63. The van der Waals surface area contributed by atoms with Gasteiger partial charge in [0.15, 0.2) is 5.82 Å². The third-order valence-electron chi connectivity index (χ3n) is 10.3. The summed E-state index contributed by atoms with van der Waals surface area (Å²) in [5.74, 6) is 0.723. The van der Waals surface area contributed by atoms with Crippen molar-refractivity contribution in [3.8, 4) is 44.9 Å². The molecule has 0 spiro atoms. The topological polar surface area (TPSA) is 25.8 Å². The van der Waals surface area contributed by atoms with Crippen molar-refractivity contribution >= 4 is 84.7 Å². The van der Waals surface area contributed by atoms with Crippen LogP contribution >= 0.6 is 22.7 Å². The fourth-order valence-corrected chi connectivity index (χ4v) is 10.3. The largest absolute Gasteiger partial charge is 0.227 e. The minimum atomic E-state index is 0.723. The maximum Gasteiger partial charge on any atom is 0.160 e. The van der Waals surface area contributed by atoms with Gasteiger partial charge in [0.1, 0.15) is 0 Å². The number of fused-ring (bicyclic) bond motifs is 9. The van der Waals surface area contributed by atoms with Crippen LogP contribution in [-0.4, -0.2) is 9.97 Å². The molecule has 3 aromatic heterocycles. The van der Waals surface area contributed by atoms with Gasteiger partial charge in [-0.25, -0.2) is 9.97 Å². The van der Waals surface area contributed by atoms with Gasteiger partial charge in [0.2, 0.25) is 0 Å². The smallest absolute Gasteiger partial charge is 0.160 e.